The summed E-state index contributed by atoms with van der Waals surface area (Å²) in [4.78, 5) is 32.9. The minimum absolute atomic E-state index is 0.225. The number of carbonyl (C=O) groups is 1. The van der Waals surface area contributed by atoms with Gasteiger partial charge in [-0.1, -0.05) is 29.5 Å². The van der Waals surface area contributed by atoms with Gasteiger partial charge in [-0.3, -0.25) is 9.36 Å². The monoisotopic (exact) mass is 510 g/mol. The SMILES string of the molecule is CCOC(=O)C1=C(C)N=c2s/c(=C\c3ccc(OC)c(OC)c3)c(=O)n2C1c1ccc(SC)cc1. The molecule has 1 atom stereocenters. The average molecular weight is 511 g/mol. The molecule has 0 saturated carbocycles. The number of methoxy groups -OCH3 is 2. The second-order valence-electron chi connectivity index (χ2n) is 7.69. The number of esters is 1. The van der Waals surface area contributed by atoms with E-state index in [2.05, 4.69) is 4.99 Å². The molecule has 7 nitrogen and oxygen atoms in total. The van der Waals surface area contributed by atoms with Crippen LogP contribution in [0.4, 0.5) is 0 Å². The van der Waals surface area contributed by atoms with E-state index in [1.807, 2.05) is 42.7 Å². The van der Waals surface area contributed by atoms with Gasteiger partial charge in [0, 0.05) is 4.90 Å². The second kappa shape index (κ2) is 10.5. The number of rotatable bonds is 7. The number of benzene rings is 2. The molecule has 0 N–H and O–H groups in total. The summed E-state index contributed by atoms with van der Waals surface area (Å²) in [7, 11) is 3.14. The molecule has 2 heterocycles. The van der Waals surface area contributed by atoms with Crippen LogP contribution < -0.4 is 24.4 Å². The van der Waals surface area contributed by atoms with Crippen LogP contribution in [-0.4, -0.2) is 37.6 Å². The van der Waals surface area contributed by atoms with Crippen LogP contribution in [-0.2, 0) is 9.53 Å². The molecule has 1 aliphatic heterocycles. The van der Waals surface area contributed by atoms with E-state index < -0.39 is 12.0 Å². The fourth-order valence-corrected chi connectivity index (χ4v) is 5.44. The van der Waals surface area contributed by atoms with E-state index in [0.29, 0.717) is 32.1 Å². The Kier molecular flexibility index (Phi) is 7.47. The molecule has 0 radical (unpaired) electrons. The van der Waals surface area contributed by atoms with Gasteiger partial charge in [-0.05, 0) is 61.6 Å². The molecule has 0 aliphatic carbocycles. The van der Waals surface area contributed by atoms with E-state index in [1.165, 1.54) is 11.3 Å². The Bertz CT molecular complexity index is 1470. The highest BCUT2D eigenvalue weighted by atomic mass is 32.2. The quantitative estimate of drug-likeness (QED) is 0.357. The van der Waals surface area contributed by atoms with Gasteiger partial charge >= 0.3 is 5.97 Å². The van der Waals surface area contributed by atoms with Crippen molar-refractivity contribution in [1.82, 2.24) is 4.57 Å². The van der Waals surface area contributed by atoms with E-state index in [-0.39, 0.29) is 12.2 Å². The molecule has 1 aromatic heterocycles. The van der Waals surface area contributed by atoms with Crippen molar-refractivity contribution in [2.45, 2.75) is 24.8 Å². The number of thiazole rings is 1. The van der Waals surface area contributed by atoms with Gasteiger partial charge in [0.2, 0.25) is 0 Å². The molecule has 1 unspecified atom stereocenters. The molecule has 0 spiro atoms. The van der Waals surface area contributed by atoms with Gasteiger partial charge in [0.15, 0.2) is 16.3 Å². The number of nitrogens with zero attached hydrogens (tertiary/aromatic N) is 2. The number of carbonyl (C=O) groups excluding carboxylic acids is 1. The zero-order valence-corrected chi connectivity index (χ0v) is 21.8. The Morgan fingerprint density at radius 3 is 2.49 bits per heavy atom. The fraction of sp³-hybridized carbons (Fsp3) is 0.269. The van der Waals surface area contributed by atoms with Gasteiger partial charge in [-0.25, -0.2) is 9.79 Å². The predicted molar refractivity (Wildman–Crippen MR) is 138 cm³/mol. The summed E-state index contributed by atoms with van der Waals surface area (Å²) in [5, 5.41) is 0. The molecule has 0 amide bonds. The number of aromatic nitrogens is 1. The van der Waals surface area contributed by atoms with E-state index in [1.54, 1.807) is 56.5 Å². The van der Waals surface area contributed by atoms with Crippen LogP contribution in [0.25, 0.3) is 6.08 Å². The van der Waals surface area contributed by atoms with Gasteiger partial charge in [0.1, 0.15) is 0 Å². The van der Waals surface area contributed by atoms with Crippen LogP contribution in [0.1, 0.15) is 31.0 Å². The number of fused-ring (bicyclic) bond motifs is 1. The number of hydrogen-bond donors (Lipinski definition) is 0. The largest absolute Gasteiger partial charge is 0.493 e. The lowest BCUT2D eigenvalue weighted by Gasteiger charge is -2.24. The summed E-state index contributed by atoms with van der Waals surface area (Å²) >= 11 is 2.91. The molecule has 2 aromatic carbocycles. The first-order valence-electron chi connectivity index (χ1n) is 11.0. The van der Waals surface area contributed by atoms with Crippen molar-refractivity contribution < 1.29 is 19.0 Å². The summed E-state index contributed by atoms with van der Waals surface area (Å²) in [6.07, 6.45) is 3.80. The van der Waals surface area contributed by atoms with Crippen molar-refractivity contribution in [3.63, 3.8) is 0 Å². The number of hydrogen-bond acceptors (Lipinski definition) is 8. The topological polar surface area (TPSA) is 79.1 Å². The first kappa shape index (κ1) is 24.8. The maximum Gasteiger partial charge on any atom is 0.338 e. The zero-order valence-electron chi connectivity index (χ0n) is 20.2. The maximum absolute atomic E-state index is 13.7. The van der Waals surface area contributed by atoms with Crippen molar-refractivity contribution in [3.05, 3.63) is 84.5 Å². The third-order valence-electron chi connectivity index (χ3n) is 5.65. The van der Waals surface area contributed by atoms with E-state index >= 15 is 0 Å². The standard InChI is InChI=1S/C26H26N2O5S2/c1-6-33-25(30)22-15(2)27-26-28(23(22)17-8-10-18(34-5)11-9-17)24(29)21(35-26)14-16-7-12-19(31-3)20(13-16)32-4/h7-14,23H,6H2,1-5H3/b21-14-. The molecule has 182 valence electrons. The van der Waals surface area contributed by atoms with Crippen LogP contribution >= 0.6 is 23.1 Å². The summed E-state index contributed by atoms with van der Waals surface area (Å²) in [5.74, 6) is 0.706. The molecule has 4 rings (SSSR count). The zero-order chi connectivity index (χ0) is 25.1. The Morgan fingerprint density at radius 2 is 1.86 bits per heavy atom. The molecule has 9 heteroatoms. The summed E-state index contributed by atoms with van der Waals surface area (Å²) < 4.78 is 18.1. The molecule has 35 heavy (non-hydrogen) atoms. The Hall–Kier alpha value is -3.30. The minimum Gasteiger partial charge on any atom is -0.493 e. The first-order chi connectivity index (χ1) is 16.9. The highest BCUT2D eigenvalue weighted by Gasteiger charge is 2.33. The number of thioether (sulfide) groups is 1. The van der Waals surface area contributed by atoms with Crippen molar-refractivity contribution in [1.29, 1.82) is 0 Å². The van der Waals surface area contributed by atoms with Crippen LogP contribution in [0, 0.1) is 0 Å². The highest BCUT2D eigenvalue weighted by molar-refractivity contribution is 7.98. The van der Waals surface area contributed by atoms with Crippen LogP contribution in [0.2, 0.25) is 0 Å². The van der Waals surface area contributed by atoms with Crippen LogP contribution in [0.3, 0.4) is 0 Å². The third kappa shape index (κ3) is 4.78. The first-order valence-corrected chi connectivity index (χ1v) is 13.0. The lowest BCUT2D eigenvalue weighted by molar-refractivity contribution is -0.139. The lowest BCUT2D eigenvalue weighted by Crippen LogP contribution is -2.39. The summed E-state index contributed by atoms with van der Waals surface area (Å²) in [5.41, 5.74) is 2.29. The molecule has 0 saturated heterocycles. The molecule has 3 aromatic rings. The lowest BCUT2D eigenvalue weighted by atomic mass is 9.96. The highest BCUT2D eigenvalue weighted by Crippen LogP contribution is 2.32. The second-order valence-corrected chi connectivity index (χ2v) is 9.58. The Balaban J connectivity index is 1.91. The van der Waals surface area contributed by atoms with Crippen LogP contribution in [0.15, 0.2) is 68.4 Å². The number of allylic oxidation sites excluding steroid dienone is 1. The van der Waals surface area contributed by atoms with Crippen molar-refractivity contribution >= 4 is 35.1 Å². The Morgan fingerprint density at radius 1 is 1.14 bits per heavy atom. The average Bonchev–Trinajstić information content (AvgIpc) is 3.17. The Labute approximate surface area is 211 Å². The van der Waals surface area contributed by atoms with Crippen molar-refractivity contribution in [2.75, 3.05) is 27.1 Å². The minimum atomic E-state index is -0.631. The van der Waals surface area contributed by atoms with Gasteiger partial charge in [0.25, 0.3) is 5.56 Å². The van der Waals surface area contributed by atoms with Gasteiger partial charge in [0.05, 0.1) is 42.7 Å². The van der Waals surface area contributed by atoms with Gasteiger partial charge in [-0.2, -0.15) is 0 Å². The molecular formula is C26H26N2O5S2. The fourth-order valence-electron chi connectivity index (χ4n) is 3.99. The molecule has 0 fully saturated rings. The smallest absolute Gasteiger partial charge is 0.338 e. The molecule has 1 aliphatic rings. The van der Waals surface area contributed by atoms with E-state index in [9.17, 15) is 9.59 Å². The number of ether oxygens (including phenoxy) is 3. The molecule has 0 bridgehead atoms. The summed E-state index contributed by atoms with van der Waals surface area (Å²) in [6.45, 7) is 3.77. The van der Waals surface area contributed by atoms with Gasteiger partial charge < -0.3 is 14.2 Å². The van der Waals surface area contributed by atoms with Gasteiger partial charge in [-0.15, -0.1) is 11.8 Å². The van der Waals surface area contributed by atoms with Crippen molar-refractivity contribution in [3.8, 4) is 11.5 Å². The van der Waals surface area contributed by atoms with E-state index in [0.717, 1.165) is 16.0 Å². The van der Waals surface area contributed by atoms with Crippen molar-refractivity contribution in [2.24, 2.45) is 4.99 Å². The summed E-state index contributed by atoms with van der Waals surface area (Å²) in [6, 6.07) is 12.7. The van der Waals surface area contributed by atoms with Crippen LogP contribution in [0.5, 0.6) is 11.5 Å². The molecular weight excluding hydrogens is 484 g/mol. The maximum atomic E-state index is 13.7. The third-order valence-corrected chi connectivity index (χ3v) is 7.38. The van der Waals surface area contributed by atoms with E-state index in [4.69, 9.17) is 14.2 Å². The normalized spacial score (nSPS) is 15.5. The predicted octanol–water partition coefficient (Wildman–Crippen LogP) is 3.54.